The lowest BCUT2D eigenvalue weighted by atomic mass is 10.1. The molecule has 0 aliphatic rings. The van der Waals surface area contributed by atoms with E-state index in [0.29, 0.717) is 0 Å². The topological polar surface area (TPSA) is 133 Å². The SMILES string of the molecule is COCCn1nnnc1NC(=O)c1ccc(OC(F)(F)F)c(NC(=O)c2ccccn2)c1Cl. The normalized spacial score (nSPS) is 11.2. The number of anilines is 2. The number of carbonyl (C=O) groups excluding carboxylic acids is 2. The Labute approximate surface area is 188 Å². The molecule has 0 aliphatic carbocycles. The maximum absolute atomic E-state index is 12.9. The van der Waals surface area contributed by atoms with E-state index in [1.807, 2.05) is 0 Å². The molecule has 2 heterocycles. The van der Waals surface area contributed by atoms with E-state index in [4.69, 9.17) is 16.3 Å². The van der Waals surface area contributed by atoms with Crippen molar-refractivity contribution < 1.29 is 32.2 Å². The van der Waals surface area contributed by atoms with Crippen LogP contribution in [0, 0.1) is 0 Å². The fraction of sp³-hybridized carbons (Fsp3) is 0.222. The zero-order chi connectivity index (χ0) is 24.0. The van der Waals surface area contributed by atoms with Gasteiger partial charge >= 0.3 is 6.36 Å². The molecule has 15 heteroatoms. The predicted molar refractivity (Wildman–Crippen MR) is 108 cm³/mol. The molecule has 0 radical (unpaired) electrons. The largest absolute Gasteiger partial charge is 0.573 e. The van der Waals surface area contributed by atoms with Crippen LogP contribution >= 0.6 is 11.6 Å². The first-order valence-corrected chi connectivity index (χ1v) is 9.44. The molecular formula is C18H15ClF3N7O4. The second-order valence-corrected chi connectivity index (χ2v) is 6.57. The lowest BCUT2D eigenvalue weighted by molar-refractivity contribution is -0.274. The van der Waals surface area contributed by atoms with Crippen molar-refractivity contribution in [1.29, 1.82) is 0 Å². The summed E-state index contributed by atoms with van der Waals surface area (Å²) in [5.74, 6) is -2.59. The van der Waals surface area contributed by atoms with Crippen molar-refractivity contribution in [3.63, 3.8) is 0 Å². The second-order valence-electron chi connectivity index (χ2n) is 6.19. The van der Waals surface area contributed by atoms with E-state index in [-0.39, 0.29) is 30.4 Å². The van der Waals surface area contributed by atoms with Gasteiger partial charge in [-0.2, -0.15) is 0 Å². The minimum atomic E-state index is -5.08. The summed E-state index contributed by atoms with van der Waals surface area (Å²) in [5, 5.41) is 14.9. The molecule has 0 spiro atoms. The van der Waals surface area contributed by atoms with Crippen LogP contribution < -0.4 is 15.4 Å². The number of methoxy groups -OCH3 is 1. The third-order valence-electron chi connectivity index (χ3n) is 3.97. The number of hydrogen-bond acceptors (Lipinski definition) is 8. The van der Waals surface area contributed by atoms with Crippen molar-refractivity contribution >= 4 is 35.1 Å². The molecule has 2 amide bonds. The lowest BCUT2D eigenvalue weighted by Gasteiger charge is -2.17. The van der Waals surface area contributed by atoms with Gasteiger partial charge in [0.1, 0.15) is 11.4 Å². The second kappa shape index (κ2) is 10.2. The van der Waals surface area contributed by atoms with E-state index in [0.717, 1.165) is 12.1 Å². The monoisotopic (exact) mass is 485 g/mol. The van der Waals surface area contributed by atoms with Crippen molar-refractivity contribution in [3.8, 4) is 5.75 Å². The minimum absolute atomic E-state index is 0.0530. The average molecular weight is 486 g/mol. The van der Waals surface area contributed by atoms with Gasteiger partial charge in [0, 0.05) is 13.3 Å². The number of nitrogens with zero attached hydrogens (tertiary/aromatic N) is 5. The van der Waals surface area contributed by atoms with Crippen molar-refractivity contribution in [1.82, 2.24) is 25.2 Å². The molecule has 3 rings (SSSR count). The number of carbonyl (C=O) groups is 2. The number of alkyl halides is 3. The highest BCUT2D eigenvalue weighted by atomic mass is 35.5. The summed E-state index contributed by atoms with van der Waals surface area (Å²) >= 11 is 6.21. The molecule has 1 aromatic carbocycles. The van der Waals surface area contributed by atoms with Crippen LogP contribution in [0.1, 0.15) is 20.8 Å². The zero-order valence-electron chi connectivity index (χ0n) is 16.8. The molecule has 2 N–H and O–H groups in total. The van der Waals surface area contributed by atoms with E-state index >= 15 is 0 Å². The zero-order valence-corrected chi connectivity index (χ0v) is 17.5. The molecule has 11 nitrogen and oxygen atoms in total. The molecule has 0 saturated carbocycles. The Hall–Kier alpha value is -3.78. The number of nitrogens with one attached hydrogen (secondary N) is 2. The Bertz CT molecular complexity index is 1140. The first-order chi connectivity index (χ1) is 15.7. The Morgan fingerprint density at radius 1 is 1.15 bits per heavy atom. The maximum atomic E-state index is 12.9. The first kappa shape index (κ1) is 23.9. The maximum Gasteiger partial charge on any atom is 0.573 e. The number of ether oxygens (including phenoxy) is 2. The summed E-state index contributed by atoms with van der Waals surface area (Å²) in [6.07, 6.45) is -3.76. The van der Waals surface area contributed by atoms with Crippen LogP contribution in [0.2, 0.25) is 5.02 Å². The molecule has 0 atom stereocenters. The van der Waals surface area contributed by atoms with Crippen LogP contribution in [0.15, 0.2) is 36.5 Å². The third kappa shape index (κ3) is 6.14. The number of aromatic nitrogens is 5. The summed E-state index contributed by atoms with van der Waals surface area (Å²) < 4.78 is 48.7. The van der Waals surface area contributed by atoms with Crippen molar-refractivity contribution in [2.24, 2.45) is 0 Å². The number of hydrogen-bond donors (Lipinski definition) is 2. The van der Waals surface area contributed by atoms with Crippen LogP contribution in [0.5, 0.6) is 5.75 Å². The quantitative estimate of drug-likeness (QED) is 0.497. The van der Waals surface area contributed by atoms with Gasteiger partial charge in [0.05, 0.1) is 23.7 Å². The summed E-state index contributed by atoms with van der Waals surface area (Å²) in [6.45, 7) is 0.471. The molecule has 3 aromatic rings. The molecule has 0 fully saturated rings. The number of amides is 2. The van der Waals surface area contributed by atoms with Crippen LogP contribution in [0.25, 0.3) is 0 Å². The molecule has 174 valence electrons. The summed E-state index contributed by atoms with van der Waals surface area (Å²) in [6, 6.07) is 6.24. The predicted octanol–water partition coefficient (Wildman–Crippen LogP) is 2.77. The molecule has 0 saturated heterocycles. The van der Waals surface area contributed by atoms with E-state index in [9.17, 15) is 22.8 Å². The van der Waals surface area contributed by atoms with Gasteiger partial charge in [-0.3, -0.25) is 19.9 Å². The number of rotatable bonds is 8. The fourth-order valence-corrected chi connectivity index (χ4v) is 2.82. The number of pyridine rings is 1. The van der Waals surface area contributed by atoms with Gasteiger partial charge in [-0.05, 0) is 34.7 Å². The molecule has 33 heavy (non-hydrogen) atoms. The van der Waals surface area contributed by atoms with Crippen molar-refractivity contribution in [2.75, 3.05) is 24.4 Å². The molecular weight excluding hydrogens is 471 g/mol. The van der Waals surface area contributed by atoms with Crippen molar-refractivity contribution in [2.45, 2.75) is 12.9 Å². The van der Waals surface area contributed by atoms with Crippen LogP contribution in [0.4, 0.5) is 24.8 Å². The van der Waals surface area contributed by atoms with Crippen LogP contribution in [0.3, 0.4) is 0 Å². The third-order valence-corrected chi connectivity index (χ3v) is 4.37. The summed E-state index contributed by atoms with van der Waals surface area (Å²) in [4.78, 5) is 29.0. The first-order valence-electron chi connectivity index (χ1n) is 9.06. The van der Waals surface area contributed by atoms with Gasteiger partial charge < -0.3 is 14.8 Å². The molecule has 0 bridgehead atoms. The molecule has 2 aromatic heterocycles. The Kier molecular flexibility index (Phi) is 7.40. The number of halogens is 4. The fourth-order valence-electron chi connectivity index (χ4n) is 2.53. The molecule has 0 aliphatic heterocycles. The Morgan fingerprint density at radius 2 is 1.94 bits per heavy atom. The van der Waals surface area contributed by atoms with Gasteiger partial charge in [0.2, 0.25) is 5.95 Å². The highest BCUT2D eigenvalue weighted by Gasteiger charge is 2.34. The number of benzene rings is 1. The van der Waals surface area contributed by atoms with E-state index in [1.54, 1.807) is 6.07 Å². The number of tetrazole rings is 1. The van der Waals surface area contributed by atoms with Gasteiger partial charge in [-0.25, -0.2) is 4.68 Å². The van der Waals surface area contributed by atoms with Gasteiger partial charge in [0.25, 0.3) is 11.8 Å². The minimum Gasteiger partial charge on any atom is -0.404 e. The standard InChI is InChI=1S/C18H15ClF3N7O4/c1-32-9-8-29-17(26-27-28-29)25-15(30)10-5-6-12(33-18(20,21)22)14(13(10)19)24-16(31)11-4-2-3-7-23-11/h2-7H,8-9H2,1H3,(H,24,31)(H,25,26,28,30). The smallest absolute Gasteiger partial charge is 0.404 e. The lowest BCUT2D eigenvalue weighted by Crippen LogP contribution is -2.22. The molecule has 0 unspecified atom stereocenters. The van der Waals surface area contributed by atoms with Crippen LogP contribution in [-0.2, 0) is 11.3 Å². The van der Waals surface area contributed by atoms with E-state index in [1.165, 1.54) is 30.1 Å². The van der Waals surface area contributed by atoms with Gasteiger partial charge in [0.15, 0.2) is 5.75 Å². The average Bonchev–Trinajstić information content (AvgIpc) is 3.21. The van der Waals surface area contributed by atoms with E-state index < -0.39 is 34.6 Å². The van der Waals surface area contributed by atoms with Gasteiger partial charge in [-0.15, -0.1) is 13.2 Å². The summed E-state index contributed by atoms with van der Waals surface area (Å²) in [7, 11) is 1.47. The van der Waals surface area contributed by atoms with Gasteiger partial charge in [-0.1, -0.05) is 22.8 Å². The van der Waals surface area contributed by atoms with E-state index in [2.05, 4.69) is 35.9 Å². The highest BCUT2D eigenvalue weighted by molar-refractivity contribution is 6.38. The Morgan fingerprint density at radius 3 is 2.61 bits per heavy atom. The summed E-state index contributed by atoms with van der Waals surface area (Å²) in [5.41, 5.74) is -0.946. The Balaban J connectivity index is 1.93. The highest BCUT2D eigenvalue weighted by Crippen LogP contribution is 2.38. The van der Waals surface area contributed by atoms with Crippen molar-refractivity contribution in [3.05, 3.63) is 52.8 Å². The van der Waals surface area contributed by atoms with Crippen LogP contribution in [-0.4, -0.2) is 57.1 Å².